The van der Waals surface area contributed by atoms with E-state index in [2.05, 4.69) is 26.0 Å². The van der Waals surface area contributed by atoms with Gasteiger partial charge in [-0.25, -0.2) is 0 Å². The minimum atomic E-state index is -0.486. The summed E-state index contributed by atoms with van der Waals surface area (Å²) in [5.74, 6) is -0.269. The Hall–Kier alpha value is -1.44. The topological polar surface area (TPSA) is 34.1 Å². The van der Waals surface area contributed by atoms with Gasteiger partial charge >= 0.3 is 0 Å². The molecule has 2 aliphatic rings. The molecule has 0 aliphatic heterocycles. The van der Waals surface area contributed by atoms with Crippen LogP contribution >= 0.6 is 0 Å². The fourth-order valence-corrected chi connectivity index (χ4v) is 4.21. The summed E-state index contributed by atoms with van der Waals surface area (Å²) in [4.78, 5) is 24.9. The van der Waals surface area contributed by atoms with Crippen LogP contribution < -0.4 is 0 Å². The van der Waals surface area contributed by atoms with Crippen LogP contribution in [-0.4, -0.2) is 11.6 Å². The van der Waals surface area contributed by atoms with E-state index >= 15 is 0 Å². The van der Waals surface area contributed by atoms with Crippen LogP contribution in [0.3, 0.4) is 0 Å². The largest absolute Gasteiger partial charge is 0.290 e. The maximum atomic E-state index is 12.6. The van der Waals surface area contributed by atoms with Crippen LogP contribution in [0.4, 0.5) is 0 Å². The van der Waals surface area contributed by atoms with Crippen LogP contribution in [-0.2, 0) is 16.0 Å². The van der Waals surface area contributed by atoms with Gasteiger partial charge in [-0.1, -0.05) is 51.1 Å². The standard InChI is InChI=1S/C17H20O2/c1-15(2)16(3)9-10-17(15,14(19)13(16)18)11-12-7-5-4-6-8-12/h4-8H,9-11H2,1-3H3. The Bertz CT molecular complexity index is 558. The predicted molar refractivity (Wildman–Crippen MR) is 73.7 cm³/mol. The summed E-state index contributed by atoms with van der Waals surface area (Å²) in [6.45, 7) is 6.18. The molecule has 2 bridgehead atoms. The molecule has 0 heterocycles. The minimum absolute atomic E-state index is 0.130. The molecule has 100 valence electrons. The van der Waals surface area contributed by atoms with Gasteiger partial charge < -0.3 is 0 Å². The van der Waals surface area contributed by atoms with E-state index in [-0.39, 0.29) is 17.0 Å². The summed E-state index contributed by atoms with van der Waals surface area (Å²) in [7, 11) is 0. The van der Waals surface area contributed by atoms with Crippen molar-refractivity contribution in [3.8, 4) is 0 Å². The van der Waals surface area contributed by atoms with Gasteiger partial charge in [0.2, 0.25) is 11.6 Å². The van der Waals surface area contributed by atoms with Crippen LogP contribution in [0.2, 0.25) is 0 Å². The monoisotopic (exact) mass is 256 g/mol. The summed E-state index contributed by atoms with van der Waals surface area (Å²) in [5.41, 5.74) is -0.0360. The van der Waals surface area contributed by atoms with Gasteiger partial charge in [-0.15, -0.1) is 0 Å². The molecule has 0 N–H and O–H groups in total. The van der Waals surface area contributed by atoms with Crippen molar-refractivity contribution in [1.29, 1.82) is 0 Å². The molecular formula is C17H20O2. The van der Waals surface area contributed by atoms with Crippen molar-refractivity contribution in [2.45, 2.75) is 40.0 Å². The fraction of sp³-hybridized carbons (Fsp3) is 0.529. The first kappa shape index (κ1) is 12.6. The molecule has 19 heavy (non-hydrogen) atoms. The Kier molecular flexibility index (Phi) is 2.36. The van der Waals surface area contributed by atoms with Crippen LogP contribution in [0.1, 0.15) is 39.2 Å². The molecule has 0 spiro atoms. The highest BCUT2D eigenvalue weighted by Crippen LogP contribution is 2.69. The smallest absolute Gasteiger partial charge is 0.206 e. The van der Waals surface area contributed by atoms with Crippen LogP contribution in [0.15, 0.2) is 30.3 Å². The van der Waals surface area contributed by atoms with Crippen LogP contribution in [0.5, 0.6) is 0 Å². The molecule has 0 aromatic heterocycles. The van der Waals surface area contributed by atoms with E-state index in [1.165, 1.54) is 0 Å². The summed E-state index contributed by atoms with van der Waals surface area (Å²) < 4.78 is 0. The van der Waals surface area contributed by atoms with Crippen molar-refractivity contribution in [3.63, 3.8) is 0 Å². The Morgan fingerprint density at radius 3 is 2.11 bits per heavy atom. The van der Waals surface area contributed by atoms with E-state index in [9.17, 15) is 9.59 Å². The second kappa shape index (κ2) is 3.56. The first-order valence-corrected chi connectivity index (χ1v) is 6.98. The molecule has 2 saturated carbocycles. The third-order valence-corrected chi connectivity index (χ3v) is 6.12. The summed E-state index contributed by atoms with van der Waals surface area (Å²) in [5, 5.41) is 0. The molecule has 2 aliphatic carbocycles. The number of fused-ring (bicyclic) bond motifs is 2. The van der Waals surface area contributed by atoms with E-state index in [1.807, 2.05) is 25.1 Å². The average molecular weight is 256 g/mol. The number of ketones is 2. The van der Waals surface area contributed by atoms with Gasteiger partial charge in [0, 0.05) is 10.8 Å². The highest BCUT2D eigenvalue weighted by Gasteiger charge is 2.74. The van der Waals surface area contributed by atoms with E-state index in [1.54, 1.807) is 0 Å². The SMILES string of the molecule is CC12CCC(Cc3ccccc3)(C(=O)C1=O)C2(C)C. The Morgan fingerprint density at radius 2 is 1.58 bits per heavy atom. The van der Waals surface area contributed by atoms with Crippen molar-refractivity contribution in [3.05, 3.63) is 35.9 Å². The van der Waals surface area contributed by atoms with Crippen molar-refractivity contribution in [2.75, 3.05) is 0 Å². The Morgan fingerprint density at radius 1 is 0.947 bits per heavy atom. The first-order valence-electron chi connectivity index (χ1n) is 6.98. The Balaban J connectivity index is 2.08. The number of carbonyl (C=O) groups excluding carboxylic acids is 2. The second-order valence-corrected chi connectivity index (χ2v) is 6.86. The second-order valence-electron chi connectivity index (χ2n) is 6.86. The maximum Gasteiger partial charge on any atom is 0.206 e. The van der Waals surface area contributed by atoms with Crippen molar-refractivity contribution < 1.29 is 9.59 Å². The molecule has 0 radical (unpaired) electrons. The molecule has 2 fully saturated rings. The number of rotatable bonds is 2. The molecule has 2 unspecified atom stereocenters. The van der Waals surface area contributed by atoms with Gasteiger partial charge in [-0.05, 0) is 30.2 Å². The molecule has 1 aromatic rings. The zero-order valence-corrected chi connectivity index (χ0v) is 11.8. The predicted octanol–water partition coefficient (Wildman–Crippen LogP) is 3.19. The summed E-state index contributed by atoms with van der Waals surface area (Å²) in [6.07, 6.45) is 2.38. The van der Waals surface area contributed by atoms with E-state index in [4.69, 9.17) is 0 Å². The highest BCUT2D eigenvalue weighted by molar-refractivity contribution is 6.44. The molecule has 2 nitrogen and oxygen atoms in total. The van der Waals surface area contributed by atoms with Gasteiger partial charge in [0.15, 0.2) is 0 Å². The zero-order chi connectivity index (χ0) is 13.9. The molecule has 1 aromatic carbocycles. The van der Waals surface area contributed by atoms with Gasteiger partial charge in [0.1, 0.15) is 0 Å². The summed E-state index contributed by atoms with van der Waals surface area (Å²) in [6, 6.07) is 10.1. The van der Waals surface area contributed by atoms with Gasteiger partial charge in [0.05, 0.1) is 0 Å². The average Bonchev–Trinajstić information content (AvgIpc) is 2.65. The molecule has 2 atom stereocenters. The lowest BCUT2D eigenvalue weighted by molar-refractivity contribution is -0.143. The Labute approximate surface area is 114 Å². The zero-order valence-electron chi connectivity index (χ0n) is 11.8. The lowest BCUT2D eigenvalue weighted by atomic mass is 9.63. The van der Waals surface area contributed by atoms with Gasteiger partial charge in [0.25, 0.3) is 0 Å². The molecule has 2 heteroatoms. The molecular weight excluding hydrogens is 236 g/mol. The van der Waals surface area contributed by atoms with E-state index < -0.39 is 10.8 Å². The number of hydrogen-bond acceptors (Lipinski definition) is 2. The van der Waals surface area contributed by atoms with Crippen LogP contribution in [0.25, 0.3) is 0 Å². The lowest BCUT2D eigenvalue weighted by Crippen LogP contribution is -2.39. The number of Topliss-reactive ketones (excluding diaryl/α,β-unsaturated/α-hetero) is 2. The molecule has 0 amide bonds. The van der Waals surface area contributed by atoms with Crippen molar-refractivity contribution in [1.82, 2.24) is 0 Å². The van der Waals surface area contributed by atoms with Gasteiger partial charge in [-0.3, -0.25) is 9.59 Å². The number of hydrogen-bond donors (Lipinski definition) is 0. The first-order chi connectivity index (χ1) is 8.85. The van der Waals surface area contributed by atoms with Crippen molar-refractivity contribution >= 4 is 11.6 Å². The molecule has 3 rings (SSSR count). The highest BCUT2D eigenvalue weighted by atomic mass is 16.2. The number of carbonyl (C=O) groups is 2. The minimum Gasteiger partial charge on any atom is -0.290 e. The van der Waals surface area contributed by atoms with E-state index in [0.29, 0.717) is 6.42 Å². The third kappa shape index (κ3) is 1.27. The quantitative estimate of drug-likeness (QED) is 0.761. The summed E-state index contributed by atoms with van der Waals surface area (Å²) >= 11 is 0. The fourth-order valence-electron chi connectivity index (χ4n) is 4.21. The molecule has 0 saturated heterocycles. The van der Waals surface area contributed by atoms with E-state index in [0.717, 1.165) is 18.4 Å². The van der Waals surface area contributed by atoms with Gasteiger partial charge in [-0.2, -0.15) is 0 Å². The third-order valence-electron chi connectivity index (χ3n) is 6.12. The number of benzene rings is 1. The maximum absolute atomic E-state index is 12.6. The normalized spacial score (nSPS) is 35.9. The van der Waals surface area contributed by atoms with Crippen LogP contribution in [0, 0.1) is 16.2 Å². The van der Waals surface area contributed by atoms with Crippen molar-refractivity contribution in [2.24, 2.45) is 16.2 Å². The lowest BCUT2D eigenvalue weighted by Gasteiger charge is -2.38.